The molecular weight excluding hydrogens is 338 g/mol. The number of nitrogens with one attached hydrogen (secondary N) is 1. The van der Waals surface area contributed by atoms with Crippen molar-refractivity contribution in [3.05, 3.63) is 35.8 Å². The van der Waals surface area contributed by atoms with Crippen LogP contribution in [-0.4, -0.2) is 51.1 Å². The Labute approximate surface area is 151 Å². The second kappa shape index (κ2) is 8.48. The number of unbranched alkanes of at least 4 members (excludes halogenated alkanes) is 3. The highest BCUT2D eigenvalue weighted by Crippen LogP contribution is 2.22. The zero-order valence-corrected chi connectivity index (χ0v) is 14.7. The van der Waals surface area contributed by atoms with E-state index >= 15 is 0 Å². The van der Waals surface area contributed by atoms with Crippen LogP contribution in [0.15, 0.2) is 35.2 Å². The number of carbonyl (C=O) groups is 2. The van der Waals surface area contributed by atoms with Gasteiger partial charge in [0, 0.05) is 11.6 Å². The minimum absolute atomic E-state index is 0.0416. The van der Waals surface area contributed by atoms with Crippen LogP contribution in [0.4, 0.5) is 0 Å². The van der Waals surface area contributed by atoms with E-state index in [1.807, 2.05) is 0 Å². The first-order chi connectivity index (χ1) is 12.3. The highest BCUT2D eigenvalue weighted by atomic mass is 16.4. The Bertz CT molecular complexity index is 724. The van der Waals surface area contributed by atoms with Crippen molar-refractivity contribution in [2.75, 3.05) is 13.1 Å². The molecule has 1 atom stereocenters. The van der Waals surface area contributed by atoms with Crippen LogP contribution >= 0.6 is 0 Å². The van der Waals surface area contributed by atoms with E-state index in [1.165, 1.54) is 18.5 Å². The number of aliphatic imine (C=N–C) groups is 1. The van der Waals surface area contributed by atoms with Crippen LogP contribution in [0.1, 0.15) is 43.0 Å². The Morgan fingerprint density at radius 3 is 2.42 bits per heavy atom. The van der Waals surface area contributed by atoms with Gasteiger partial charge >= 0.3 is 5.97 Å². The van der Waals surface area contributed by atoms with E-state index in [1.54, 1.807) is 6.20 Å². The summed E-state index contributed by atoms with van der Waals surface area (Å²) in [7, 11) is 0. The summed E-state index contributed by atoms with van der Waals surface area (Å²) < 4.78 is 0.0416. The molecule has 1 aliphatic rings. The van der Waals surface area contributed by atoms with E-state index < -0.39 is 11.9 Å². The summed E-state index contributed by atoms with van der Waals surface area (Å²) in [6, 6.07) is 3.56. The Morgan fingerprint density at radius 2 is 1.81 bits per heavy atom. The second-order valence-electron chi connectivity index (χ2n) is 6.39. The highest BCUT2D eigenvalue weighted by molar-refractivity contribution is 5.96. The molecule has 0 bridgehead atoms. The number of aromatic hydroxyl groups is 2. The van der Waals surface area contributed by atoms with Crippen LogP contribution in [0.5, 0.6) is 11.5 Å². The monoisotopic (exact) mass is 362 g/mol. The number of carboxylic acid groups (broad SMARTS) is 1. The largest absolute Gasteiger partial charge is 0.508 e. The number of benzene rings is 1. The lowest BCUT2D eigenvalue weighted by Crippen LogP contribution is -2.45. The third-order valence-electron chi connectivity index (χ3n) is 4.07. The summed E-state index contributed by atoms with van der Waals surface area (Å²) in [4.78, 5) is 27.6. The first-order valence-corrected chi connectivity index (χ1v) is 8.54. The number of carbonyl (C=O) groups excluding carboxylic acids is 1. The molecule has 0 radical (unpaired) electrons. The van der Waals surface area contributed by atoms with Gasteiger partial charge in [0.05, 0.1) is 6.54 Å². The van der Waals surface area contributed by atoms with E-state index in [2.05, 4.69) is 17.2 Å². The molecular formula is C18H24N3O5+. The van der Waals surface area contributed by atoms with Crippen molar-refractivity contribution >= 4 is 18.2 Å². The molecule has 1 heterocycles. The maximum atomic E-state index is 12.3. The molecule has 1 amide bonds. The van der Waals surface area contributed by atoms with Crippen LogP contribution in [0, 0.1) is 0 Å². The van der Waals surface area contributed by atoms with Crippen molar-refractivity contribution in [3.8, 4) is 11.5 Å². The lowest BCUT2D eigenvalue weighted by molar-refractivity contribution is -0.771. The Hall–Kier alpha value is -2.87. The third kappa shape index (κ3) is 5.32. The maximum absolute atomic E-state index is 12.3. The molecule has 0 saturated heterocycles. The maximum Gasteiger partial charge on any atom is 0.360 e. The summed E-state index contributed by atoms with van der Waals surface area (Å²) in [6.45, 7) is 2.54. The molecule has 4 N–H and O–H groups in total. The van der Waals surface area contributed by atoms with E-state index in [-0.39, 0.29) is 33.9 Å². The summed E-state index contributed by atoms with van der Waals surface area (Å²) in [5.41, 5.74) is 0.0739. The van der Waals surface area contributed by atoms with E-state index in [4.69, 9.17) is 0 Å². The third-order valence-corrected chi connectivity index (χ3v) is 4.07. The number of carboxylic acids is 1. The number of amides is 1. The van der Waals surface area contributed by atoms with Crippen LogP contribution in [-0.2, 0) is 4.79 Å². The topological polar surface area (TPSA) is 119 Å². The van der Waals surface area contributed by atoms with Crippen molar-refractivity contribution < 1.29 is 29.4 Å². The van der Waals surface area contributed by atoms with Crippen LogP contribution < -0.4 is 5.32 Å². The Balaban J connectivity index is 2.10. The smallest absolute Gasteiger partial charge is 0.360 e. The molecule has 8 nitrogen and oxygen atoms in total. The molecule has 2 rings (SSSR count). The standard InChI is InChI=1S/C18H23N3O5/c1-2-3-4-5-6-21(11-17(24)25)10-16(19-12-21)20-18(26)13-7-14(22)9-15(23)8-13/h7-10,12H,2-6,11H2,1H3,(H3-,20,22,23,24,25,26)/p+1. The number of aliphatic carboxylic acids is 1. The number of rotatable bonds is 9. The molecule has 0 aromatic heterocycles. The van der Waals surface area contributed by atoms with Crippen LogP contribution in [0.3, 0.4) is 0 Å². The van der Waals surface area contributed by atoms with Crippen molar-refractivity contribution in [3.63, 3.8) is 0 Å². The van der Waals surface area contributed by atoms with Gasteiger partial charge in [0.2, 0.25) is 0 Å². The zero-order chi connectivity index (χ0) is 19.2. The lowest BCUT2D eigenvalue weighted by Gasteiger charge is -2.25. The fourth-order valence-electron chi connectivity index (χ4n) is 2.84. The molecule has 140 valence electrons. The molecule has 1 unspecified atom stereocenters. The zero-order valence-electron chi connectivity index (χ0n) is 14.7. The SMILES string of the molecule is CCCCCC[N+]1(CC(=O)O)C=NC(NC(=O)c2cc(O)cc(O)c2)=C1. The summed E-state index contributed by atoms with van der Waals surface area (Å²) in [6.07, 6.45) is 7.16. The van der Waals surface area contributed by atoms with Crippen molar-refractivity contribution in [1.82, 2.24) is 5.32 Å². The van der Waals surface area contributed by atoms with Crippen LogP contribution in [0.2, 0.25) is 0 Å². The normalized spacial score (nSPS) is 18.6. The molecule has 0 spiro atoms. The van der Waals surface area contributed by atoms with E-state index in [0.29, 0.717) is 6.54 Å². The minimum atomic E-state index is -0.950. The van der Waals surface area contributed by atoms with Gasteiger partial charge in [0.15, 0.2) is 18.7 Å². The molecule has 0 aliphatic carbocycles. The number of phenols is 2. The van der Waals surface area contributed by atoms with Gasteiger partial charge in [-0.05, 0) is 25.0 Å². The van der Waals surface area contributed by atoms with Gasteiger partial charge in [-0.3, -0.25) is 4.79 Å². The number of quaternary nitrogens is 1. The number of nitrogens with zero attached hydrogens (tertiary/aromatic N) is 2. The van der Waals surface area contributed by atoms with Gasteiger partial charge in [-0.25, -0.2) is 9.28 Å². The molecule has 26 heavy (non-hydrogen) atoms. The average molecular weight is 362 g/mol. The van der Waals surface area contributed by atoms with Gasteiger partial charge in [-0.15, -0.1) is 0 Å². The highest BCUT2D eigenvalue weighted by Gasteiger charge is 2.32. The van der Waals surface area contributed by atoms with Gasteiger partial charge in [-0.2, -0.15) is 4.99 Å². The Morgan fingerprint density at radius 1 is 1.12 bits per heavy atom. The summed E-state index contributed by atoms with van der Waals surface area (Å²) >= 11 is 0. The van der Waals surface area contributed by atoms with Crippen LogP contribution in [0.25, 0.3) is 0 Å². The second-order valence-corrected chi connectivity index (χ2v) is 6.39. The fraction of sp³-hybridized carbons (Fsp3) is 0.389. The average Bonchev–Trinajstić information content (AvgIpc) is 2.92. The quantitative estimate of drug-likeness (QED) is 0.396. The van der Waals surface area contributed by atoms with Gasteiger partial charge in [0.1, 0.15) is 17.7 Å². The summed E-state index contributed by atoms with van der Waals surface area (Å²) in [5.74, 6) is -1.72. The summed E-state index contributed by atoms with van der Waals surface area (Å²) in [5, 5.41) is 30.7. The molecule has 0 fully saturated rings. The molecule has 0 saturated carbocycles. The van der Waals surface area contributed by atoms with Crippen molar-refractivity contribution in [2.45, 2.75) is 32.6 Å². The van der Waals surface area contributed by atoms with E-state index in [0.717, 1.165) is 31.7 Å². The first-order valence-electron chi connectivity index (χ1n) is 8.54. The Kier molecular flexibility index (Phi) is 6.35. The fourth-order valence-corrected chi connectivity index (χ4v) is 2.84. The van der Waals surface area contributed by atoms with Crippen molar-refractivity contribution in [1.29, 1.82) is 0 Å². The number of phenolic OH excluding ortho intramolecular Hbond substituents is 2. The lowest BCUT2D eigenvalue weighted by atomic mass is 10.2. The number of hydrogen-bond acceptors (Lipinski definition) is 5. The predicted molar refractivity (Wildman–Crippen MR) is 95.6 cm³/mol. The van der Waals surface area contributed by atoms with Gasteiger partial charge < -0.3 is 20.6 Å². The molecule has 1 aromatic carbocycles. The molecule has 1 aliphatic heterocycles. The molecule has 1 aromatic rings. The minimum Gasteiger partial charge on any atom is -0.508 e. The predicted octanol–water partition coefficient (Wildman–Crippen LogP) is 2.15. The number of hydrogen-bond donors (Lipinski definition) is 4. The van der Waals surface area contributed by atoms with Gasteiger partial charge in [0.25, 0.3) is 5.91 Å². The van der Waals surface area contributed by atoms with Crippen molar-refractivity contribution in [2.24, 2.45) is 4.99 Å². The van der Waals surface area contributed by atoms with E-state index in [9.17, 15) is 24.9 Å². The van der Waals surface area contributed by atoms with Gasteiger partial charge in [-0.1, -0.05) is 19.8 Å². The first kappa shape index (κ1) is 19.5. The molecule has 8 heteroatoms.